The average molecular weight is 114 g/mol. The predicted molar refractivity (Wildman–Crippen MR) is 29.4 cm³/mol. The predicted octanol–water partition coefficient (Wildman–Crippen LogP) is 1.10. The van der Waals surface area contributed by atoms with Crippen molar-refractivity contribution in [1.82, 2.24) is 0 Å². The Morgan fingerprint density at radius 1 is 1.75 bits per heavy atom. The fourth-order valence-corrected chi connectivity index (χ4v) is 0.876. The lowest BCUT2D eigenvalue weighted by Crippen LogP contribution is -2.19. The third-order valence-corrected chi connectivity index (χ3v) is 1.32. The third-order valence-electron chi connectivity index (χ3n) is 1.32. The molecule has 2 heteroatoms. The average Bonchev–Trinajstić information content (AvgIpc) is 1.64. The fourth-order valence-electron chi connectivity index (χ4n) is 0.876. The van der Waals surface area contributed by atoms with Crippen molar-refractivity contribution in [2.45, 2.75) is 32.3 Å². The molecule has 2 nitrogen and oxygen atoms in total. The van der Waals surface area contributed by atoms with Gasteiger partial charge in [0, 0.05) is 6.42 Å². The molecule has 0 radical (unpaired) electrons. The number of rotatable bonds is 0. The van der Waals surface area contributed by atoms with Crippen LogP contribution in [0, 0.1) is 0 Å². The first kappa shape index (κ1) is 5.60. The lowest BCUT2D eigenvalue weighted by Gasteiger charge is -2.17. The number of carbonyl (C=O) groups is 1. The van der Waals surface area contributed by atoms with Crippen LogP contribution in [0.25, 0.3) is 0 Å². The van der Waals surface area contributed by atoms with Crippen LogP contribution in [0.5, 0.6) is 0 Å². The van der Waals surface area contributed by atoms with E-state index in [2.05, 4.69) is 0 Å². The number of ether oxygens (including phenoxy) is 1. The topological polar surface area (TPSA) is 26.3 Å². The normalized spacial score (nSPS) is 29.6. The number of carbonyl (C=O) groups excluding carboxylic acids is 1. The van der Waals surface area contributed by atoms with E-state index in [4.69, 9.17) is 4.74 Å². The van der Waals surface area contributed by atoms with Gasteiger partial charge in [-0.3, -0.25) is 4.79 Å². The monoisotopic (exact) mass is 114 g/mol. The second-order valence-electron chi connectivity index (χ2n) is 2.19. The van der Waals surface area contributed by atoms with E-state index in [-0.39, 0.29) is 12.1 Å². The summed E-state index contributed by atoms with van der Waals surface area (Å²) in [5.41, 5.74) is 0. The Bertz CT molecular complexity index is 98.7. The fraction of sp³-hybridized carbons (Fsp3) is 0.833. The molecule has 0 saturated carbocycles. The second kappa shape index (κ2) is 2.16. The molecule has 0 aromatic carbocycles. The summed E-state index contributed by atoms with van der Waals surface area (Å²) >= 11 is 0. The van der Waals surface area contributed by atoms with Crippen molar-refractivity contribution in [1.29, 1.82) is 0 Å². The van der Waals surface area contributed by atoms with Crippen molar-refractivity contribution in [3.05, 3.63) is 0 Å². The van der Waals surface area contributed by atoms with Gasteiger partial charge in [-0.25, -0.2) is 0 Å². The number of esters is 1. The standard InChI is InChI=1S/C6H10O2/c1-5-3-2-4-6(7)8-5/h5H,2-4H2,1H3/t5-/m1/s1. The maximum Gasteiger partial charge on any atom is 0.306 e. The van der Waals surface area contributed by atoms with Crippen LogP contribution < -0.4 is 0 Å². The molecule has 1 aliphatic heterocycles. The summed E-state index contributed by atoms with van der Waals surface area (Å²) in [6.45, 7) is 1.93. The highest BCUT2D eigenvalue weighted by Crippen LogP contribution is 2.12. The lowest BCUT2D eigenvalue weighted by atomic mass is 10.1. The molecule has 0 N–H and O–H groups in total. The van der Waals surface area contributed by atoms with Crippen LogP contribution in [0.1, 0.15) is 26.2 Å². The molecular weight excluding hydrogens is 104 g/mol. The zero-order valence-corrected chi connectivity index (χ0v) is 5.02. The van der Waals surface area contributed by atoms with Crippen LogP contribution in [-0.2, 0) is 9.53 Å². The van der Waals surface area contributed by atoms with Gasteiger partial charge in [0.2, 0.25) is 0 Å². The maximum absolute atomic E-state index is 10.5. The van der Waals surface area contributed by atoms with E-state index in [1.807, 2.05) is 6.92 Å². The summed E-state index contributed by atoms with van der Waals surface area (Å²) in [5.74, 6) is -0.0382. The Labute approximate surface area is 48.8 Å². The van der Waals surface area contributed by atoms with Gasteiger partial charge >= 0.3 is 5.97 Å². The van der Waals surface area contributed by atoms with E-state index in [1.54, 1.807) is 0 Å². The molecule has 0 aliphatic carbocycles. The van der Waals surface area contributed by atoms with Crippen LogP contribution in [0.2, 0.25) is 0 Å². The van der Waals surface area contributed by atoms with Crippen LogP contribution in [-0.4, -0.2) is 12.1 Å². The van der Waals surface area contributed by atoms with Crippen LogP contribution in [0.3, 0.4) is 0 Å². The molecule has 1 rings (SSSR count). The summed E-state index contributed by atoms with van der Waals surface area (Å²) in [7, 11) is 0. The molecule has 1 aliphatic rings. The Balaban J connectivity index is 2.34. The van der Waals surface area contributed by atoms with E-state index in [9.17, 15) is 4.79 Å². The molecule has 1 saturated heterocycles. The van der Waals surface area contributed by atoms with Crippen molar-refractivity contribution in [3.8, 4) is 0 Å². The highest BCUT2D eigenvalue weighted by Gasteiger charge is 2.14. The molecule has 46 valence electrons. The smallest absolute Gasteiger partial charge is 0.306 e. The summed E-state index contributed by atoms with van der Waals surface area (Å²) < 4.78 is 4.85. The number of cyclic esters (lactones) is 1. The Morgan fingerprint density at radius 2 is 2.50 bits per heavy atom. The van der Waals surface area contributed by atoms with E-state index in [0.717, 1.165) is 12.8 Å². The molecule has 1 atom stereocenters. The summed E-state index contributed by atoms with van der Waals surface area (Å²) in [4.78, 5) is 10.5. The van der Waals surface area contributed by atoms with Crippen molar-refractivity contribution >= 4 is 5.97 Å². The first-order valence-electron chi connectivity index (χ1n) is 2.98. The lowest BCUT2D eigenvalue weighted by molar-refractivity contribution is -0.152. The molecule has 0 aromatic rings. The van der Waals surface area contributed by atoms with Crippen LogP contribution >= 0.6 is 0 Å². The zero-order chi connectivity index (χ0) is 5.98. The van der Waals surface area contributed by atoms with Gasteiger partial charge in [0.05, 0.1) is 6.10 Å². The zero-order valence-electron chi connectivity index (χ0n) is 5.02. The van der Waals surface area contributed by atoms with Crippen molar-refractivity contribution < 1.29 is 9.53 Å². The Morgan fingerprint density at radius 3 is 2.88 bits per heavy atom. The third kappa shape index (κ3) is 1.22. The minimum atomic E-state index is -0.0382. The van der Waals surface area contributed by atoms with Gasteiger partial charge in [-0.2, -0.15) is 0 Å². The van der Waals surface area contributed by atoms with Gasteiger partial charge in [-0.05, 0) is 19.8 Å². The summed E-state index contributed by atoms with van der Waals surface area (Å²) in [5, 5.41) is 0. The van der Waals surface area contributed by atoms with Gasteiger partial charge in [-0.15, -0.1) is 0 Å². The van der Waals surface area contributed by atoms with Crippen LogP contribution in [0.15, 0.2) is 0 Å². The van der Waals surface area contributed by atoms with E-state index in [1.165, 1.54) is 0 Å². The van der Waals surface area contributed by atoms with Crippen molar-refractivity contribution in [2.75, 3.05) is 0 Å². The second-order valence-corrected chi connectivity index (χ2v) is 2.19. The molecule has 1 fully saturated rings. The Hall–Kier alpha value is -0.530. The van der Waals surface area contributed by atoms with E-state index >= 15 is 0 Å². The van der Waals surface area contributed by atoms with Crippen LogP contribution in [0.4, 0.5) is 0 Å². The molecule has 0 unspecified atom stereocenters. The van der Waals surface area contributed by atoms with E-state index < -0.39 is 0 Å². The van der Waals surface area contributed by atoms with Gasteiger partial charge in [0.15, 0.2) is 0 Å². The highest BCUT2D eigenvalue weighted by molar-refractivity contribution is 5.70. The van der Waals surface area contributed by atoms with Gasteiger partial charge < -0.3 is 4.74 Å². The molecule has 0 amide bonds. The minimum Gasteiger partial charge on any atom is -0.463 e. The van der Waals surface area contributed by atoms with Gasteiger partial charge in [-0.1, -0.05) is 0 Å². The quantitative estimate of drug-likeness (QED) is 0.441. The first-order valence-corrected chi connectivity index (χ1v) is 2.98. The minimum absolute atomic E-state index is 0.0382. The maximum atomic E-state index is 10.5. The largest absolute Gasteiger partial charge is 0.463 e. The van der Waals surface area contributed by atoms with Gasteiger partial charge in [0.25, 0.3) is 0 Å². The molecule has 0 aromatic heterocycles. The first-order chi connectivity index (χ1) is 3.79. The van der Waals surface area contributed by atoms with E-state index in [0.29, 0.717) is 6.42 Å². The van der Waals surface area contributed by atoms with Crippen molar-refractivity contribution in [3.63, 3.8) is 0 Å². The highest BCUT2D eigenvalue weighted by atomic mass is 16.5. The summed E-state index contributed by atoms with van der Waals surface area (Å²) in [6.07, 6.45) is 2.81. The summed E-state index contributed by atoms with van der Waals surface area (Å²) in [6, 6.07) is 0. The molecule has 1 heterocycles. The SMILES string of the molecule is C[C@@H]1CCCC(=O)O1. The molecule has 0 bridgehead atoms. The number of hydrogen-bond acceptors (Lipinski definition) is 2. The molecular formula is C6H10O2. The van der Waals surface area contributed by atoms with Gasteiger partial charge in [0.1, 0.15) is 0 Å². The molecule has 8 heavy (non-hydrogen) atoms. The van der Waals surface area contributed by atoms with Crippen molar-refractivity contribution in [2.24, 2.45) is 0 Å². The molecule has 0 spiro atoms. The Kier molecular flexibility index (Phi) is 1.51. The number of hydrogen-bond donors (Lipinski definition) is 0.